The topological polar surface area (TPSA) is 43.1 Å². The fourth-order valence-corrected chi connectivity index (χ4v) is 1.24. The Hall–Kier alpha value is -1.73. The number of alkyl halides is 3. The number of benzene rings is 1. The second-order valence-electron chi connectivity index (χ2n) is 2.97. The van der Waals surface area contributed by atoms with E-state index in [9.17, 15) is 32.1 Å². The minimum absolute atomic E-state index is 0.282. The van der Waals surface area contributed by atoms with Gasteiger partial charge in [-0.1, -0.05) is 0 Å². The normalized spacial score (nSPS) is 11.6. The van der Waals surface area contributed by atoms with Gasteiger partial charge in [0.2, 0.25) is 11.6 Å². The molecule has 88 valence electrons. The van der Waals surface area contributed by atoms with Crippen molar-refractivity contribution in [2.45, 2.75) is 13.1 Å². The first kappa shape index (κ1) is 12.3. The van der Waals surface area contributed by atoms with Crippen LogP contribution in [0.3, 0.4) is 0 Å². The Kier molecular flexibility index (Phi) is 2.85. The van der Waals surface area contributed by atoms with Crippen LogP contribution >= 0.6 is 0 Å². The molecule has 0 amide bonds. The van der Waals surface area contributed by atoms with Gasteiger partial charge in [0, 0.05) is 0 Å². The number of halogens is 5. The molecule has 0 spiro atoms. The molecule has 0 atom stereocenters. The van der Waals surface area contributed by atoms with Crippen LogP contribution in [0.15, 0.2) is 6.07 Å². The summed E-state index contributed by atoms with van der Waals surface area (Å²) < 4.78 is 62.9. The van der Waals surface area contributed by atoms with Gasteiger partial charge in [0.05, 0.1) is 4.92 Å². The van der Waals surface area contributed by atoms with Gasteiger partial charge in [-0.25, -0.2) is 0 Å². The van der Waals surface area contributed by atoms with Crippen LogP contribution in [0.1, 0.15) is 11.1 Å². The van der Waals surface area contributed by atoms with Gasteiger partial charge in [-0.2, -0.15) is 22.0 Å². The van der Waals surface area contributed by atoms with Crippen molar-refractivity contribution < 1.29 is 26.9 Å². The van der Waals surface area contributed by atoms with Crippen LogP contribution in [0, 0.1) is 28.7 Å². The zero-order valence-corrected chi connectivity index (χ0v) is 7.73. The SMILES string of the molecule is Cc1cc(F)c([N+](=O)[O-])c(F)c1C(F)(F)F. The molecule has 0 aliphatic heterocycles. The van der Waals surface area contributed by atoms with Crippen molar-refractivity contribution in [3.05, 3.63) is 38.9 Å². The lowest BCUT2D eigenvalue weighted by Crippen LogP contribution is -2.13. The molecule has 0 unspecified atom stereocenters. The van der Waals surface area contributed by atoms with E-state index in [4.69, 9.17) is 0 Å². The maximum absolute atomic E-state index is 13.1. The van der Waals surface area contributed by atoms with Gasteiger partial charge in [0.1, 0.15) is 5.56 Å². The summed E-state index contributed by atoms with van der Waals surface area (Å²) >= 11 is 0. The van der Waals surface area contributed by atoms with E-state index >= 15 is 0 Å². The highest BCUT2D eigenvalue weighted by atomic mass is 19.4. The molecule has 3 nitrogen and oxygen atoms in total. The number of aryl methyl sites for hydroxylation is 1. The molecule has 1 aromatic rings. The number of hydrogen-bond donors (Lipinski definition) is 0. The van der Waals surface area contributed by atoms with Gasteiger partial charge < -0.3 is 0 Å². The molecule has 0 N–H and O–H groups in total. The van der Waals surface area contributed by atoms with Crippen molar-refractivity contribution in [1.82, 2.24) is 0 Å². The van der Waals surface area contributed by atoms with Crippen molar-refractivity contribution in [1.29, 1.82) is 0 Å². The average Bonchev–Trinajstić information content (AvgIpc) is 1.97. The van der Waals surface area contributed by atoms with Gasteiger partial charge in [0.25, 0.3) is 0 Å². The fraction of sp³-hybridized carbons (Fsp3) is 0.250. The van der Waals surface area contributed by atoms with E-state index in [1.807, 2.05) is 0 Å². The smallest absolute Gasteiger partial charge is 0.258 e. The molecule has 0 aliphatic rings. The maximum Gasteiger partial charge on any atom is 0.419 e. The third-order valence-corrected chi connectivity index (χ3v) is 1.86. The van der Waals surface area contributed by atoms with Gasteiger partial charge >= 0.3 is 11.9 Å². The number of rotatable bonds is 1. The summed E-state index contributed by atoms with van der Waals surface area (Å²) in [4.78, 5) is 8.66. The van der Waals surface area contributed by atoms with Crippen LogP contribution in [-0.4, -0.2) is 4.92 Å². The summed E-state index contributed by atoms with van der Waals surface area (Å²) in [6.45, 7) is 0.818. The first-order valence-corrected chi connectivity index (χ1v) is 3.86. The Balaban J connectivity index is 3.65. The lowest BCUT2D eigenvalue weighted by molar-refractivity contribution is -0.390. The Bertz CT molecular complexity index is 455. The first-order valence-electron chi connectivity index (χ1n) is 3.86. The number of nitrogens with zero attached hydrogens (tertiary/aromatic N) is 1. The second kappa shape index (κ2) is 3.69. The molecule has 1 aromatic carbocycles. The quantitative estimate of drug-likeness (QED) is 0.430. The summed E-state index contributed by atoms with van der Waals surface area (Å²) in [7, 11) is 0. The van der Waals surface area contributed by atoms with Gasteiger partial charge in [0.15, 0.2) is 0 Å². The van der Waals surface area contributed by atoms with Gasteiger partial charge in [-0.05, 0) is 18.6 Å². The van der Waals surface area contributed by atoms with Crippen molar-refractivity contribution >= 4 is 5.69 Å². The Morgan fingerprint density at radius 1 is 1.31 bits per heavy atom. The van der Waals surface area contributed by atoms with Crippen molar-refractivity contribution in [3.8, 4) is 0 Å². The molecular weight excluding hydrogens is 237 g/mol. The summed E-state index contributed by atoms with van der Waals surface area (Å²) in [5.74, 6) is -3.83. The molecule has 8 heteroatoms. The predicted octanol–water partition coefficient (Wildman–Crippen LogP) is 3.20. The largest absolute Gasteiger partial charge is 0.419 e. The zero-order chi connectivity index (χ0) is 12.7. The molecular formula is C8H4F5NO2. The van der Waals surface area contributed by atoms with Crippen LogP contribution in [0.4, 0.5) is 27.6 Å². The first-order chi connectivity index (χ1) is 7.16. The van der Waals surface area contributed by atoms with Crippen molar-refractivity contribution in [2.75, 3.05) is 0 Å². The van der Waals surface area contributed by atoms with Crippen molar-refractivity contribution in [2.24, 2.45) is 0 Å². The van der Waals surface area contributed by atoms with E-state index in [0.29, 0.717) is 0 Å². The molecule has 0 aliphatic carbocycles. The van der Waals surface area contributed by atoms with Gasteiger partial charge in [-0.3, -0.25) is 10.1 Å². The number of nitro groups is 1. The Morgan fingerprint density at radius 2 is 1.81 bits per heavy atom. The molecule has 16 heavy (non-hydrogen) atoms. The Labute approximate surface area is 85.6 Å². The summed E-state index contributed by atoms with van der Waals surface area (Å²) in [6.07, 6.45) is -5.10. The molecule has 0 saturated heterocycles. The van der Waals surface area contributed by atoms with E-state index < -0.39 is 39.5 Å². The lowest BCUT2D eigenvalue weighted by atomic mass is 10.1. The number of hydrogen-bond acceptors (Lipinski definition) is 2. The average molecular weight is 241 g/mol. The second-order valence-corrected chi connectivity index (χ2v) is 2.97. The summed E-state index contributed by atoms with van der Waals surface area (Å²) in [5.41, 5.74) is -4.35. The third-order valence-electron chi connectivity index (χ3n) is 1.86. The van der Waals surface area contributed by atoms with Crippen LogP contribution in [-0.2, 0) is 6.18 Å². The molecule has 1 rings (SSSR count). The van der Waals surface area contributed by atoms with E-state index in [0.717, 1.165) is 6.92 Å². The van der Waals surface area contributed by atoms with E-state index in [1.165, 1.54) is 0 Å². The van der Waals surface area contributed by atoms with E-state index in [-0.39, 0.29) is 6.07 Å². The van der Waals surface area contributed by atoms with Crippen LogP contribution < -0.4 is 0 Å². The minimum atomic E-state index is -5.10. The van der Waals surface area contributed by atoms with E-state index in [1.54, 1.807) is 0 Å². The highest BCUT2D eigenvalue weighted by Gasteiger charge is 2.41. The molecule has 0 bridgehead atoms. The van der Waals surface area contributed by atoms with Crippen LogP contribution in [0.5, 0.6) is 0 Å². The predicted molar refractivity (Wildman–Crippen MR) is 42.8 cm³/mol. The number of nitro benzene ring substituents is 1. The van der Waals surface area contributed by atoms with Crippen LogP contribution in [0.25, 0.3) is 0 Å². The maximum atomic E-state index is 13.1. The molecule has 0 radical (unpaired) electrons. The van der Waals surface area contributed by atoms with Crippen LogP contribution in [0.2, 0.25) is 0 Å². The van der Waals surface area contributed by atoms with Gasteiger partial charge in [-0.15, -0.1) is 0 Å². The fourth-order valence-electron chi connectivity index (χ4n) is 1.24. The molecule has 0 aromatic heterocycles. The van der Waals surface area contributed by atoms with E-state index in [2.05, 4.69) is 0 Å². The highest BCUT2D eigenvalue weighted by molar-refractivity contribution is 5.44. The molecule has 0 heterocycles. The summed E-state index contributed by atoms with van der Waals surface area (Å²) in [5, 5.41) is 10.2. The van der Waals surface area contributed by atoms with Crippen molar-refractivity contribution in [3.63, 3.8) is 0 Å². The standard InChI is InChI=1S/C8H4F5NO2/c1-3-2-4(9)7(14(15)16)6(10)5(3)8(11,12)13/h2H,1H3. The third kappa shape index (κ3) is 1.95. The highest BCUT2D eigenvalue weighted by Crippen LogP contribution is 2.38. The summed E-state index contributed by atoms with van der Waals surface area (Å²) in [6, 6.07) is 0.282. The Morgan fingerprint density at radius 3 is 2.19 bits per heavy atom. The molecule has 0 fully saturated rings. The molecule has 0 saturated carbocycles. The lowest BCUT2D eigenvalue weighted by Gasteiger charge is -2.11. The zero-order valence-electron chi connectivity index (χ0n) is 7.73. The monoisotopic (exact) mass is 241 g/mol. The minimum Gasteiger partial charge on any atom is -0.258 e.